The van der Waals surface area contributed by atoms with Crippen LogP contribution >= 0.6 is 0 Å². The molecule has 2 aromatic rings. The minimum atomic E-state index is 0.906. The van der Waals surface area contributed by atoms with Crippen molar-refractivity contribution in [2.45, 2.75) is 6.54 Å². The number of fused-ring (bicyclic) bond motifs is 3. The Labute approximate surface area is 82.2 Å². The van der Waals surface area contributed by atoms with Gasteiger partial charge in [-0.1, -0.05) is 30.4 Å². The standard InChI is InChI=1S/C12H10N2/c1-2-8-12-13-10-6-3-4-7-11(10)14(12)9-5-1/h1-8H,9H2. The number of allylic oxidation sites excluding steroid dienone is 3. The molecule has 0 aliphatic carbocycles. The Hall–Kier alpha value is -1.83. The van der Waals surface area contributed by atoms with Crippen molar-refractivity contribution in [3.8, 4) is 0 Å². The molecule has 1 aliphatic heterocycles. The number of aromatic nitrogens is 2. The molecule has 0 atom stereocenters. The largest absolute Gasteiger partial charge is 0.321 e. The molecule has 0 radical (unpaired) electrons. The summed E-state index contributed by atoms with van der Waals surface area (Å²) in [6.07, 6.45) is 8.28. The van der Waals surface area contributed by atoms with Crippen LogP contribution in [-0.4, -0.2) is 9.55 Å². The highest BCUT2D eigenvalue weighted by Gasteiger charge is 2.06. The molecule has 0 unspecified atom stereocenters. The maximum Gasteiger partial charge on any atom is 0.134 e. The van der Waals surface area contributed by atoms with Crippen molar-refractivity contribution in [2.75, 3.05) is 0 Å². The molecule has 0 bridgehead atoms. The molecule has 1 aromatic carbocycles. The lowest BCUT2D eigenvalue weighted by Gasteiger charge is -2.00. The van der Waals surface area contributed by atoms with E-state index in [0.717, 1.165) is 17.9 Å². The van der Waals surface area contributed by atoms with E-state index in [0.29, 0.717) is 0 Å². The van der Waals surface area contributed by atoms with Crippen LogP contribution in [0.2, 0.25) is 0 Å². The van der Waals surface area contributed by atoms with Crippen molar-refractivity contribution in [3.63, 3.8) is 0 Å². The van der Waals surface area contributed by atoms with Crippen LogP contribution < -0.4 is 0 Å². The van der Waals surface area contributed by atoms with Crippen LogP contribution in [0, 0.1) is 0 Å². The normalized spacial score (nSPS) is 14.3. The smallest absolute Gasteiger partial charge is 0.134 e. The molecule has 2 heterocycles. The van der Waals surface area contributed by atoms with Gasteiger partial charge in [-0.2, -0.15) is 0 Å². The Bertz CT molecular complexity index is 532. The number of rotatable bonds is 0. The summed E-state index contributed by atoms with van der Waals surface area (Å²) in [6.45, 7) is 0.906. The fourth-order valence-electron chi connectivity index (χ4n) is 1.80. The van der Waals surface area contributed by atoms with Gasteiger partial charge in [-0.05, 0) is 18.2 Å². The fourth-order valence-corrected chi connectivity index (χ4v) is 1.80. The topological polar surface area (TPSA) is 17.8 Å². The summed E-state index contributed by atoms with van der Waals surface area (Å²) >= 11 is 0. The van der Waals surface area contributed by atoms with Gasteiger partial charge in [0.15, 0.2) is 0 Å². The molecule has 0 saturated heterocycles. The summed E-state index contributed by atoms with van der Waals surface area (Å²) in [4.78, 5) is 4.55. The molecular weight excluding hydrogens is 172 g/mol. The average molecular weight is 182 g/mol. The van der Waals surface area contributed by atoms with E-state index in [1.54, 1.807) is 0 Å². The Balaban J connectivity index is 2.37. The summed E-state index contributed by atoms with van der Waals surface area (Å²) < 4.78 is 2.22. The van der Waals surface area contributed by atoms with Crippen molar-refractivity contribution in [2.24, 2.45) is 0 Å². The van der Waals surface area contributed by atoms with E-state index in [4.69, 9.17) is 0 Å². The summed E-state index contributed by atoms with van der Waals surface area (Å²) in [5.74, 6) is 1.04. The highest BCUT2D eigenvalue weighted by Crippen LogP contribution is 2.18. The zero-order valence-electron chi connectivity index (χ0n) is 7.72. The van der Waals surface area contributed by atoms with E-state index in [2.05, 4.69) is 39.9 Å². The molecule has 0 spiro atoms. The lowest BCUT2D eigenvalue weighted by molar-refractivity contribution is 0.840. The summed E-state index contributed by atoms with van der Waals surface area (Å²) in [5, 5.41) is 0. The van der Waals surface area contributed by atoms with Gasteiger partial charge in [-0.25, -0.2) is 4.98 Å². The molecule has 0 N–H and O–H groups in total. The molecule has 1 aromatic heterocycles. The van der Waals surface area contributed by atoms with Gasteiger partial charge in [0.05, 0.1) is 11.0 Å². The zero-order valence-corrected chi connectivity index (χ0v) is 7.72. The van der Waals surface area contributed by atoms with Gasteiger partial charge in [-0.3, -0.25) is 0 Å². The summed E-state index contributed by atoms with van der Waals surface area (Å²) in [5.41, 5.74) is 2.28. The third-order valence-corrected chi connectivity index (χ3v) is 2.46. The summed E-state index contributed by atoms with van der Waals surface area (Å²) in [6, 6.07) is 8.23. The molecule has 14 heavy (non-hydrogen) atoms. The molecular formula is C12H10N2. The Morgan fingerprint density at radius 2 is 2.07 bits per heavy atom. The van der Waals surface area contributed by atoms with Crippen molar-refractivity contribution >= 4 is 17.1 Å². The Kier molecular flexibility index (Phi) is 1.53. The first-order valence-electron chi connectivity index (χ1n) is 4.73. The minimum Gasteiger partial charge on any atom is -0.321 e. The lowest BCUT2D eigenvalue weighted by Crippen LogP contribution is -1.96. The van der Waals surface area contributed by atoms with Crippen LogP contribution in [0.5, 0.6) is 0 Å². The highest BCUT2D eigenvalue weighted by molar-refractivity contribution is 5.78. The van der Waals surface area contributed by atoms with E-state index >= 15 is 0 Å². The number of hydrogen-bond acceptors (Lipinski definition) is 1. The molecule has 68 valence electrons. The second-order valence-corrected chi connectivity index (χ2v) is 3.36. The predicted molar refractivity (Wildman–Crippen MR) is 57.9 cm³/mol. The number of imidazole rings is 1. The number of nitrogens with zero attached hydrogens (tertiary/aromatic N) is 2. The van der Waals surface area contributed by atoms with E-state index in [9.17, 15) is 0 Å². The van der Waals surface area contributed by atoms with Gasteiger partial charge in [0.1, 0.15) is 5.82 Å². The fraction of sp³-hybridized carbons (Fsp3) is 0.0833. The first kappa shape index (κ1) is 7.56. The SMILES string of the molecule is C1=CCn2c(nc3ccccc32)C=C1. The van der Waals surface area contributed by atoms with E-state index in [-0.39, 0.29) is 0 Å². The third kappa shape index (κ3) is 1.01. The lowest BCUT2D eigenvalue weighted by atomic mass is 10.3. The predicted octanol–water partition coefficient (Wildman–Crippen LogP) is 2.62. The number of benzene rings is 1. The maximum absolute atomic E-state index is 4.55. The Morgan fingerprint density at radius 3 is 3.07 bits per heavy atom. The van der Waals surface area contributed by atoms with Gasteiger partial charge in [0, 0.05) is 6.54 Å². The number of hydrogen-bond donors (Lipinski definition) is 0. The van der Waals surface area contributed by atoms with Gasteiger partial charge >= 0.3 is 0 Å². The van der Waals surface area contributed by atoms with Gasteiger partial charge in [-0.15, -0.1) is 0 Å². The van der Waals surface area contributed by atoms with Crippen LogP contribution in [0.1, 0.15) is 5.82 Å². The second-order valence-electron chi connectivity index (χ2n) is 3.36. The van der Waals surface area contributed by atoms with Crippen LogP contribution in [-0.2, 0) is 6.54 Å². The molecule has 0 fully saturated rings. The van der Waals surface area contributed by atoms with E-state index < -0.39 is 0 Å². The number of para-hydroxylation sites is 2. The van der Waals surface area contributed by atoms with Gasteiger partial charge in [0.25, 0.3) is 0 Å². The molecule has 0 saturated carbocycles. The molecule has 0 amide bonds. The average Bonchev–Trinajstić information content (AvgIpc) is 2.42. The Morgan fingerprint density at radius 1 is 1.14 bits per heavy atom. The van der Waals surface area contributed by atoms with Crippen LogP contribution in [0.3, 0.4) is 0 Å². The van der Waals surface area contributed by atoms with Crippen LogP contribution in [0.4, 0.5) is 0 Å². The summed E-state index contributed by atoms with van der Waals surface area (Å²) in [7, 11) is 0. The van der Waals surface area contributed by atoms with Gasteiger partial charge < -0.3 is 4.57 Å². The van der Waals surface area contributed by atoms with Crippen LogP contribution in [0.15, 0.2) is 42.5 Å². The van der Waals surface area contributed by atoms with Crippen molar-refractivity contribution < 1.29 is 0 Å². The van der Waals surface area contributed by atoms with Gasteiger partial charge in [0.2, 0.25) is 0 Å². The van der Waals surface area contributed by atoms with E-state index in [1.165, 1.54) is 5.52 Å². The van der Waals surface area contributed by atoms with Crippen LogP contribution in [0.25, 0.3) is 17.1 Å². The van der Waals surface area contributed by atoms with Crippen molar-refractivity contribution in [3.05, 3.63) is 48.3 Å². The van der Waals surface area contributed by atoms with Crippen molar-refractivity contribution in [1.82, 2.24) is 9.55 Å². The first-order valence-corrected chi connectivity index (χ1v) is 4.73. The highest BCUT2D eigenvalue weighted by atomic mass is 15.1. The van der Waals surface area contributed by atoms with Crippen molar-refractivity contribution in [1.29, 1.82) is 0 Å². The third-order valence-electron chi connectivity index (χ3n) is 2.46. The van der Waals surface area contributed by atoms with E-state index in [1.807, 2.05) is 18.2 Å². The quantitative estimate of drug-likeness (QED) is 0.612. The maximum atomic E-state index is 4.55. The minimum absolute atomic E-state index is 0.906. The molecule has 1 aliphatic rings. The zero-order chi connectivity index (χ0) is 9.38. The molecule has 2 nitrogen and oxygen atoms in total. The monoisotopic (exact) mass is 182 g/mol. The first-order chi connectivity index (χ1) is 6.95. The molecule has 2 heteroatoms. The second kappa shape index (κ2) is 2.84. The molecule has 3 rings (SSSR count).